The molecule has 10 heteroatoms. The molecule has 1 heterocycles. The van der Waals surface area contributed by atoms with Crippen LogP contribution in [0, 0.1) is 35.5 Å². The molecule has 3 saturated carbocycles. The molecule has 2 bridgehead atoms. The fraction of sp³-hybridized carbons (Fsp3) is 0.818. The van der Waals surface area contributed by atoms with Crippen molar-refractivity contribution in [3.05, 3.63) is 0 Å². The van der Waals surface area contributed by atoms with Gasteiger partial charge in [0, 0.05) is 0 Å². The van der Waals surface area contributed by atoms with Crippen LogP contribution in [0.3, 0.4) is 0 Å². The molecule has 6 atom stereocenters. The highest BCUT2D eigenvalue weighted by atomic mass is 32.2. The molecule has 4 aliphatic rings. The lowest BCUT2D eigenvalue weighted by Crippen LogP contribution is -2.39. The summed E-state index contributed by atoms with van der Waals surface area (Å²) in [4.78, 5) is 24.2. The molecule has 1 saturated heterocycles. The minimum Gasteiger partial charge on any atom is -0.272 e. The van der Waals surface area contributed by atoms with Gasteiger partial charge in [0.25, 0.3) is 11.8 Å². The molecule has 0 N–H and O–H groups in total. The van der Waals surface area contributed by atoms with Gasteiger partial charge in [-0.1, -0.05) is 0 Å². The number of hydrogen-bond acceptors (Lipinski definition) is 5. The predicted octanol–water partition coefficient (Wildman–Crippen LogP) is 0.655. The smallest absolute Gasteiger partial charge is 0.272 e. The molecule has 0 radical (unpaired) electrons. The summed E-state index contributed by atoms with van der Waals surface area (Å²) in [6.45, 7) is 0. The van der Waals surface area contributed by atoms with Crippen LogP contribution in [0.25, 0.3) is 0 Å². The van der Waals surface area contributed by atoms with Crippen LogP contribution in [0.15, 0.2) is 0 Å². The molecule has 0 spiro atoms. The van der Waals surface area contributed by atoms with Gasteiger partial charge in [-0.15, -0.1) is 9.35 Å². The molecule has 116 valence electrons. The highest BCUT2D eigenvalue weighted by molar-refractivity contribution is 7.87. The van der Waals surface area contributed by atoms with Crippen LogP contribution in [0.2, 0.25) is 0 Å². The monoisotopic (exact) mass is 325 g/mol. The van der Waals surface area contributed by atoms with Crippen molar-refractivity contribution in [3.63, 3.8) is 0 Å². The van der Waals surface area contributed by atoms with Crippen molar-refractivity contribution in [2.45, 2.75) is 18.3 Å². The fourth-order valence-corrected chi connectivity index (χ4v) is 4.94. The number of carbonyl (C=O) groups is 2. The van der Waals surface area contributed by atoms with Gasteiger partial charge in [-0.25, -0.2) is 0 Å². The Morgan fingerprint density at radius 3 is 1.81 bits per heavy atom. The Morgan fingerprint density at radius 1 is 0.952 bits per heavy atom. The Hall–Kier alpha value is -1.16. The number of hydroxylamine groups is 2. The number of fused-ring (bicyclic) bond motifs is 8. The van der Waals surface area contributed by atoms with Crippen LogP contribution in [-0.4, -0.2) is 30.8 Å². The first-order valence-electron chi connectivity index (χ1n) is 6.52. The van der Waals surface area contributed by atoms with E-state index in [2.05, 4.69) is 4.28 Å². The quantitative estimate of drug-likeness (QED) is 0.550. The first-order chi connectivity index (χ1) is 9.63. The highest BCUT2D eigenvalue weighted by Crippen LogP contribution is 2.71. The third-order valence-electron chi connectivity index (χ3n) is 5.27. The van der Waals surface area contributed by atoms with Gasteiger partial charge < -0.3 is 0 Å². The Bertz CT molecular complexity index is 627. The maximum atomic E-state index is 12.3. The Labute approximate surface area is 117 Å². The number of imide groups is 1. The molecule has 2 amide bonds. The zero-order chi connectivity index (χ0) is 15.3. The van der Waals surface area contributed by atoms with E-state index in [1.807, 2.05) is 0 Å². The lowest BCUT2D eigenvalue weighted by Gasteiger charge is -2.18. The Morgan fingerprint density at radius 2 is 1.38 bits per heavy atom. The van der Waals surface area contributed by atoms with Crippen molar-refractivity contribution in [2.24, 2.45) is 35.5 Å². The van der Waals surface area contributed by atoms with E-state index in [4.69, 9.17) is 0 Å². The van der Waals surface area contributed by atoms with Gasteiger partial charge >= 0.3 is 15.6 Å². The number of rotatable bonds is 2. The minimum absolute atomic E-state index is 0.0244. The normalized spacial score (nSPS) is 44.2. The maximum absolute atomic E-state index is 12.3. The molecule has 0 aromatic carbocycles. The van der Waals surface area contributed by atoms with E-state index in [0.717, 1.165) is 12.8 Å². The van der Waals surface area contributed by atoms with E-state index in [9.17, 15) is 31.2 Å². The molecular weight excluding hydrogens is 315 g/mol. The molecule has 1 aliphatic heterocycles. The molecule has 0 aromatic rings. The predicted molar refractivity (Wildman–Crippen MR) is 58.1 cm³/mol. The number of halogens is 3. The number of amides is 2. The van der Waals surface area contributed by atoms with Gasteiger partial charge in [-0.2, -0.15) is 21.6 Å². The van der Waals surface area contributed by atoms with Gasteiger partial charge in [0.05, 0.1) is 11.8 Å². The minimum atomic E-state index is -6.01. The van der Waals surface area contributed by atoms with Crippen LogP contribution < -0.4 is 0 Å². The Kier molecular flexibility index (Phi) is 2.31. The summed E-state index contributed by atoms with van der Waals surface area (Å²) < 4.78 is 62.6. The van der Waals surface area contributed by atoms with E-state index in [1.165, 1.54) is 0 Å². The lowest BCUT2D eigenvalue weighted by atomic mass is 9.81. The van der Waals surface area contributed by atoms with Crippen molar-refractivity contribution >= 4 is 21.9 Å². The largest absolute Gasteiger partial charge is 0.525 e. The molecular formula is C11H10F3NO5S. The van der Waals surface area contributed by atoms with Gasteiger partial charge in [0.2, 0.25) is 0 Å². The van der Waals surface area contributed by atoms with E-state index >= 15 is 0 Å². The number of alkyl halides is 3. The maximum Gasteiger partial charge on any atom is 0.525 e. The summed E-state index contributed by atoms with van der Waals surface area (Å²) in [5, 5.41) is -0.178. The van der Waals surface area contributed by atoms with E-state index in [1.54, 1.807) is 0 Å². The molecule has 6 unspecified atom stereocenters. The van der Waals surface area contributed by atoms with Crippen molar-refractivity contribution < 1.29 is 35.5 Å². The zero-order valence-corrected chi connectivity index (χ0v) is 11.2. The zero-order valence-electron chi connectivity index (χ0n) is 10.4. The van der Waals surface area contributed by atoms with Crippen molar-refractivity contribution in [2.75, 3.05) is 0 Å². The first kappa shape index (κ1) is 13.5. The summed E-state index contributed by atoms with van der Waals surface area (Å²) in [6, 6.07) is 0. The van der Waals surface area contributed by atoms with E-state index in [0.29, 0.717) is 11.8 Å². The van der Waals surface area contributed by atoms with Crippen LogP contribution in [-0.2, 0) is 24.0 Å². The standard InChI is InChI=1S/C11H10F3NO5S/c12-11(13,14)21(18,19)20-15-9(16)7-5-2-6(4-1-3(4)5)8(7)10(15)17/h3-8H,1-2H2. The average molecular weight is 325 g/mol. The fourth-order valence-electron chi connectivity index (χ4n) is 4.51. The van der Waals surface area contributed by atoms with Crippen LogP contribution in [0.5, 0.6) is 0 Å². The molecule has 4 fully saturated rings. The summed E-state index contributed by atoms with van der Waals surface area (Å²) in [5.41, 5.74) is -5.67. The van der Waals surface area contributed by atoms with Crippen LogP contribution in [0.4, 0.5) is 13.2 Å². The summed E-state index contributed by atoms with van der Waals surface area (Å²) in [7, 11) is -6.01. The number of nitrogens with zero attached hydrogens (tertiary/aromatic N) is 1. The second-order valence-corrected chi connectivity index (χ2v) is 7.64. The third-order valence-corrected chi connectivity index (χ3v) is 6.18. The third kappa shape index (κ3) is 1.54. The van der Waals surface area contributed by atoms with Gasteiger partial charge in [-0.05, 0) is 36.5 Å². The average Bonchev–Trinajstić information content (AvgIpc) is 2.90. The van der Waals surface area contributed by atoms with Crippen LogP contribution in [0.1, 0.15) is 12.8 Å². The van der Waals surface area contributed by atoms with Gasteiger partial charge in [0.1, 0.15) is 0 Å². The molecule has 3 aliphatic carbocycles. The highest BCUT2D eigenvalue weighted by Gasteiger charge is 2.73. The molecule has 6 nitrogen and oxygen atoms in total. The molecule has 21 heavy (non-hydrogen) atoms. The van der Waals surface area contributed by atoms with Crippen molar-refractivity contribution in [1.29, 1.82) is 0 Å². The summed E-state index contributed by atoms with van der Waals surface area (Å²) >= 11 is 0. The van der Waals surface area contributed by atoms with Gasteiger partial charge in [0.15, 0.2) is 0 Å². The first-order valence-corrected chi connectivity index (χ1v) is 7.93. The number of hydrogen-bond donors (Lipinski definition) is 0. The van der Waals surface area contributed by atoms with Crippen molar-refractivity contribution in [3.8, 4) is 0 Å². The number of carbonyl (C=O) groups excluding carboxylic acids is 2. The van der Waals surface area contributed by atoms with Crippen LogP contribution >= 0.6 is 0 Å². The lowest BCUT2D eigenvalue weighted by molar-refractivity contribution is -0.169. The summed E-state index contributed by atoms with van der Waals surface area (Å²) in [5.74, 6) is -2.66. The second kappa shape index (κ2) is 3.60. The second-order valence-electron chi connectivity index (χ2n) is 6.12. The Balaban J connectivity index is 1.62. The summed E-state index contributed by atoms with van der Waals surface area (Å²) in [6.07, 6.45) is 1.67. The van der Waals surface area contributed by atoms with E-state index < -0.39 is 39.3 Å². The SMILES string of the molecule is O=C1C2C3CC(C4CC43)C2C(=O)N1OS(=O)(=O)C(F)(F)F. The topological polar surface area (TPSA) is 80.8 Å². The van der Waals surface area contributed by atoms with E-state index in [-0.39, 0.29) is 16.9 Å². The van der Waals surface area contributed by atoms with Crippen molar-refractivity contribution in [1.82, 2.24) is 5.06 Å². The molecule has 4 rings (SSSR count). The molecule has 0 aromatic heterocycles. The van der Waals surface area contributed by atoms with Gasteiger partial charge in [-0.3, -0.25) is 9.59 Å².